The standard InChI is InChI=1S/C26H33N3O6/c1-26(2,3)35-25(33)29(22-8-5-6-11-27-22)12-7-13-34-21-10-9-18-14-19(16-23(30)31)24(32)28(4)17-20(18)15-21/h5-6,8-11,15,19H,7,12-14,16-17H2,1-4H3,(H,30,31). The van der Waals surface area contributed by atoms with E-state index in [9.17, 15) is 14.4 Å². The van der Waals surface area contributed by atoms with Crippen LogP contribution in [0.4, 0.5) is 10.6 Å². The van der Waals surface area contributed by atoms with Gasteiger partial charge in [-0.25, -0.2) is 9.78 Å². The maximum Gasteiger partial charge on any atom is 0.416 e. The SMILES string of the molecule is CN1Cc2cc(OCCCN(C(=O)OC(C)(C)C)c3ccccn3)ccc2CC(CC(=O)O)C1=O. The fourth-order valence-corrected chi connectivity index (χ4v) is 3.95. The summed E-state index contributed by atoms with van der Waals surface area (Å²) in [6.45, 7) is 6.58. The van der Waals surface area contributed by atoms with Gasteiger partial charge in [0.05, 0.1) is 18.9 Å². The van der Waals surface area contributed by atoms with Gasteiger partial charge in [0.2, 0.25) is 5.91 Å². The fraction of sp³-hybridized carbons (Fsp3) is 0.462. The number of amides is 2. The van der Waals surface area contributed by atoms with Crippen molar-refractivity contribution in [3.05, 3.63) is 53.7 Å². The average Bonchev–Trinajstić information content (AvgIpc) is 2.89. The van der Waals surface area contributed by atoms with Crippen molar-refractivity contribution in [3.63, 3.8) is 0 Å². The van der Waals surface area contributed by atoms with Crippen molar-refractivity contribution in [1.29, 1.82) is 0 Å². The zero-order chi connectivity index (χ0) is 25.6. The number of anilines is 1. The van der Waals surface area contributed by atoms with Crippen LogP contribution in [0, 0.1) is 5.92 Å². The van der Waals surface area contributed by atoms with Crippen LogP contribution in [-0.2, 0) is 27.3 Å². The topological polar surface area (TPSA) is 109 Å². The van der Waals surface area contributed by atoms with Gasteiger partial charge in [0, 0.05) is 26.3 Å². The van der Waals surface area contributed by atoms with E-state index in [0.29, 0.717) is 44.1 Å². The van der Waals surface area contributed by atoms with Crippen molar-refractivity contribution in [2.75, 3.05) is 25.1 Å². The molecule has 2 aromatic rings. The van der Waals surface area contributed by atoms with Gasteiger partial charge in [-0.1, -0.05) is 12.1 Å². The zero-order valence-corrected chi connectivity index (χ0v) is 20.7. The number of nitrogens with zero attached hydrogens (tertiary/aromatic N) is 3. The number of pyridine rings is 1. The summed E-state index contributed by atoms with van der Waals surface area (Å²) in [5, 5.41) is 9.15. The molecule has 2 amide bonds. The minimum Gasteiger partial charge on any atom is -0.494 e. The summed E-state index contributed by atoms with van der Waals surface area (Å²) in [5.41, 5.74) is 1.27. The van der Waals surface area contributed by atoms with Gasteiger partial charge in [0.15, 0.2) is 0 Å². The number of aliphatic carboxylic acids is 1. The zero-order valence-electron chi connectivity index (χ0n) is 20.7. The van der Waals surface area contributed by atoms with Crippen LogP contribution < -0.4 is 9.64 Å². The maximum absolute atomic E-state index is 12.7. The molecular formula is C26H33N3O6. The van der Waals surface area contributed by atoms with E-state index in [4.69, 9.17) is 14.6 Å². The van der Waals surface area contributed by atoms with Crippen LogP contribution in [0.1, 0.15) is 44.7 Å². The van der Waals surface area contributed by atoms with Crippen LogP contribution in [0.15, 0.2) is 42.6 Å². The Morgan fingerprint density at radius 1 is 1.20 bits per heavy atom. The van der Waals surface area contributed by atoms with Crippen molar-refractivity contribution < 1.29 is 29.0 Å². The Labute approximate surface area is 205 Å². The Morgan fingerprint density at radius 2 is 1.97 bits per heavy atom. The highest BCUT2D eigenvalue weighted by atomic mass is 16.6. The first-order valence-corrected chi connectivity index (χ1v) is 11.7. The highest BCUT2D eigenvalue weighted by molar-refractivity contribution is 5.86. The van der Waals surface area contributed by atoms with Gasteiger partial charge >= 0.3 is 12.1 Å². The number of ether oxygens (including phenoxy) is 2. The molecular weight excluding hydrogens is 450 g/mol. The van der Waals surface area contributed by atoms with E-state index >= 15 is 0 Å². The Hall–Kier alpha value is -3.62. The Balaban J connectivity index is 1.62. The Kier molecular flexibility index (Phi) is 8.32. The van der Waals surface area contributed by atoms with Crippen LogP contribution >= 0.6 is 0 Å². The smallest absolute Gasteiger partial charge is 0.416 e. The third-order valence-electron chi connectivity index (χ3n) is 5.53. The van der Waals surface area contributed by atoms with Crippen LogP contribution in [0.3, 0.4) is 0 Å². The number of carboxylic acid groups (broad SMARTS) is 1. The van der Waals surface area contributed by atoms with Gasteiger partial charge < -0.3 is 19.5 Å². The molecule has 0 bridgehead atoms. The van der Waals surface area contributed by atoms with E-state index in [0.717, 1.165) is 11.1 Å². The largest absolute Gasteiger partial charge is 0.494 e. The third-order valence-corrected chi connectivity index (χ3v) is 5.53. The minimum atomic E-state index is -0.980. The third kappa shape index (κ3) is 7.43. The monoisotopic (exact) mass is 483 g/mol. The van der Waals surface area contributed by atoms with Crippen molar-refractivity contribution >= 4 is 23.8 Å². The summed E-state index contributed by atoms with van der Waals surface area (Å²) < 4.78 is 11.5. The number of fused-ring (bicyclic) bond motifs is 1. The number of hydrogen-bond acceptors (Lipinski definition) is 6. The van der Waals surface area contributed by atoms with Crippen LogP contribution in [0.2, 0.25) is 0 Å². The lowest BCUT2D eigenvalue weighted by molar-refractivity contribution is -0.143. The van der Waals surface area contributed by atoms with Crippen molar-refractivity contribution in [2.45, 2.75) is 52.2 Å². The number of aromatic nitrogens is 1. The number of carbonyl (C=O) groups is 3. The van der Waals surface area contributed by atoms with Crippen molar-refractivity contribution in [2.24, 2.45) is 5.92 Å². The Bertz CT molecular complexity index is 1050. The normalized spacial score (nSPS) is 15.7. The minimum absolute atomic E-state index is 0.164. The van der Waals surface area contributed by atoms with Crippen LogP contribution in [0.25, 0.3) is 0 Å². The van der Waals surface area contributed by atoms with Crippen molar-refractivity contribution in [3.8, 4) is 5.75 Å². The second-order valence-corrected chi connectivity index (χ2v) is 9.65. The molecule has 1 aromatic heterocycles. The van der Waals surface area contributed by atoms with Crippen LogP contribution in [-0.4, -0.2) is 58.8 Å². The van der Waals surface area contributed by atoms with Crippen molar-refractivity contribution in [1.82, 2.24) is 9.88 Å². The fourth-order valence-electron chi connectivity index (χ4n) is 3.95. The molecule has 1 unspecified atom stereocenters. The molecule has 1 atom stereocenters. The number of rotatable bonds is 8. The maximum atomic E-state index is 12.7. The Morgan fingerprint density at radius 3 is 2.63 bits per heavy atom. The van der Waals surface area contributed by atoms with Gasteiger partial charge in [-0.15, -0.1) is 0 Å². The molecule has 1 aromatic carbocycles. The molecule has 35 heavy (non-hydrogen) atoms. The lowest BCUT2D eigenvalue weighted by Gasteiger charge is -2.26. The molecule has 1 aliphatic heterocycles. The van der Waals surface area contributed by atoms with Gasteiger partial charge in [-0.05, 0) is 69.0 Å². The molecule has 3 rings (SSSR count). The van der Waals surface area contributed by atoms with E-state index in [1.807, 2.05) is 45.0 Å². The van der Waals surface area contributed by atoms with Gasteiger partial charge in [0.1, 0.15) is 17.2 Å². The molecule has 0 radical (unpaired) electrons. The average molecular weight is 484 g/mol. The first-order chi connectivity index (χ1) is 16.5. The summed E-state index contributed by atoms with van der Waals surface area (Å²) in [6.07, 6.45) is 1.91. The molecule has 9 heteroatoms. The number of carboxylic acids is 1. The molecule has 0 spiro atoms. The summed E-state index contributed by atoms with van der Waals surface area (Å²) in [7, 11) is 1.68. The molecule has 188 valence electrons. The molecule has 0 saturated carbocycles. The molecule has 2 heterocycles. The summed E-state index contributed by atoms with van der Waals surface area (Å²) >= 11 is 0. The molecule has 1 N–H and O–H groups in total. The molecule has 0 fully saturated rings. The van der Waals surface area contributed by atoms with E-state index in [2.05, 4.69) is 4.98 Å². The predicted octanol–water partition coefficient (Wildman–Crippen LogP) is 3.90. The lowest BCUT2D eigenvalue weighted by atomic mass is 9.94. The van der Waals surface area contributed by atoms with Gasteiger partial charge in [-0.2, -0.15) is 0 Å². The van der Waals surface area contributed by atoms with Gasteiger partial charge in [0.25, 0.3) is 0 Å². The predicted molar refractivity (Wildman–Crippen MR) is 130 cm³/mol. The molecule has 9 nitrogen and oxygen atoms in total. The van der Waals surface area contributed by atoms with E-state index in [1.165, 1.54) is 4.90 Å². The quantitative estimate of drug-likeness (QED) is 0.567. The van der Waals surface area contributed by atoms with E-state index in [-0.39, 0.29) is 12.3 Å². The molecule has 0 saturated heterocycles. The highest BCUT2D eigenvalue weighted by Crippen LogP contribution is 2.27. The van der Waals surface area contributed by atoms with E-state index < -0.39 is 23.6 Å². The second kappa shape index (κ2) is 11.2. The molecule has 1 aliphatic rings. The lowest BCUT2D eigenvalue weighted by Crippen LogP contribution is -2.38. The summed E-state index contributed by atoms with van der Waals surface area (Å²) in [4.78, 5) is 43.8. The first-order valence-electron chi connectivity index (χ1n) is 11.7. The van der Waals surface area contributed by atoms with E-state index in [1.54, 1.807) is 30.3 Å². The van der Waals surface area contributed by atoms with Gasteiger partial charge in [-0.3, -0.25) is 14.5 Å². The number of hydrogen-bond donors (Lipinski definition) is 1. The summed E-state index contributed by atoms with van der Waals surface area (Å²) in [6, 6.07) is 11.0. The summed E-state index contributed by atoms with van der Waals surface area (Å²) in [5.74, 6) is -0.552. The van der Waals surface area contributed by atoms with Crippen LogP contribution in [0.5, 0.6) is 5.75 Å². The number of benzene rings is 1. The highest BCUT2D eigenvalue weighted by Gasteiger charge is 2.29. The first kappa shape index (κ1) is 26.0. The second-order valence-electron chi connectivity index (χ2n) is 9.65. The number of carbonyl (C=O) groups excluding carboxylic acids is 2. The molecule has 0 aliphatic carbocycles.